The molecular weight excluding hydrogens is 441 g/mol. The Kier molecular flexibility index (Phi) is 7.24. The first kappa shape index (κ1) is 23.5. The zero-order valence-electron chi connectivity index (χ0n) is 17.8. The molecule has 0 aromatic heterocycles. The monoisotopic (exact) mass is 467 g/mol. The zero-order valence-corrected chi connectivity index (χ0v) is 19.4. The van der Waals surface area contributed by atoms with E-state index in [2.05, 4.69) is 24.1 Å². The number of halogens is 2. The number of rotatable bonds is 7. The van der Waals surface area contributed by atoms with Crippen molar-refractivity contribution in [3.8, 4) is 0 Å². The molecule has 0 saturated carbocycles. The summed E-state index contributed by atoms with van der Waals surface area (Å²) in [4.78, 5) is 15.0. The Morgan fingerprint density at radius 1 is 1.26 bits per heavy atom. The van der Waals surface area contributed by atoms with Crippen LogP contribution in [0.2, 0.25) is 5.02 Å². The van der Waals surface area contributed by atoms with E-state index in [0.29, 0.717) is 24.2 Å². The Balaban J connectivity index is 1.74. The zero-order chi connectivity index (χ0) is 22.8. The van der Waals surface area contributed by atoms with E-state index in [4.69, 9.17) is 11.6 Å². The fraction of sp³-hybridized carbons (Fsp3) is 0.409. The first-order chi connectivity index (χ1) is 14.6. The van der Waals surface area contributed by atoms with Crippen LogP contribution >= 0.6 is 11.6 Å². The van der Waals surface area contributed by atoms with Crippen LogP contribution in [0.5, 0.6) is 0 Å². The maximum atomic E-state index is 13.2. The Bertz CT molecular complexity index is 1040. The summed E-state index contributed by atoms with van der Waals surface area (Å²) in [5, 5.41) is 3.06. The van der Waals surface area contributed by atoms with Gasteiger partial charge in [0.1, 0.15) is 5.82 Å². The van der Waals surface area contributed by atoms with Crippen molar-refractivity contribution in [2.45, 2.75) is 31.2 Å². The van der Waals surface area contributed by atoms with Crippen LogP contribution in [0.3, 0.4) is 0 Å². The lowest BCUT2D eigenvalue weighted by molar-refractivity contribution is 0.0947. The van der Waals surface area contributed by atoms with Crippen molar-refractivity contribution in [1.82, 2.24) is 10.2 Å². The number of carbonyl (C=O) groups is 1. The molecule has 0 spiro atoms. The predicted molar refractivity (Wildman–Crippen MR) is 121 cm³/mol. The van der Waals surface area contributed by atoms with Gasteiger partial charge in [0.2, 0.25) is 0 Å². The van der Waals surface area contributed by atoms with Gasteiger partial charge in [0.15, 0.2) is 0 Å². The molecule has 1 atom stereocenters. The molecule has 1 heterocycles. The molecule has 0 radical (unpaired) electrons. The Morgan fingerprint density at radius 3 is 2.55 bits per heavy atom. The largest absolute Gasteiger partial charge is 0.352 e. The van der Waals surface area contributed by atoms with Crippen LogP contribution < -0.4 is 9.62 Å². The summed E-state index contributed by atoms with van der Waals surface area (Å²) in [7, 11) is -2.59. The van der Waals surface area contributed by atoms with Crippen LogP contribution in [-0.2, 0) is 10.0 Å². The van der Waals surface area contributed by atoms with Gasteiger partial charge in [0.25, 0.3) is 15.9 Å². The first-order valence-electron chi connectivity index (χ1n) is 10.2. The molecule has 9 heteroatoms. The van der Waals surface area contributed by atoms with Gasteiger partial charge in [-0.1, -0.05) is 11.6 Å². The predicted octanol–water partition coefficient (Wildman–Crippen LogP) is 3.76. The Labute approximate surface area is 188 Å². The highest BCUT2D eigenvalue weighted by Gasteiger charge is 2.26. The maximum Gasteiger partial charge on any atom is 0.264 e. The third-order valence-corrected chi connectivity index (χ3v) is 7.74. The van der Waals surface area contributed by atoms with E-state index in [1.807, 2.05) is 0 Å². The lowest BCUT2D eigenvalue weighted by Gasteiger charge is -2.21. The van der Waals surface area contributed by atoms with Crippen molar-refractivity contribution in [3.63, 3.8) is 0 Å². The quantitative estimate of drug-likeness (QED) is 0.673. The molecule has 1 N–H and O–H groups in total. The van der Waals surface area contributed by atoms with Crippen molar-refractivity contribution < 1.29 is 17.6 Å². The smallest absolute Gasteiger partial charge is 0.264 e. The number of nitrogens with zero attached hydrogens (tertiary/aromatic N) is 2. The average Bonchev–Trinajstić information content (AvgIpc) is 3.21. The summed E-state index contributed by atoms with van der Waals surface area (Å²) in [6.07, 6.45) is 1.00. The van der Waals surface area contributed by atoms with E-state index in [0.717, 1.165) is 23.8 Å². The summed E-state index contributed by atoms with van der Waals surface area (Å²) in [5.41, 5.74) is 0.409. The number of sulfonamides is 1. The number of carbonyl (C=O) groups excluding carboxylic acids is 1. The molecule has 2 aromatic carbocycles. The van der Waals surface area contributed by atoms with Crippen molar-refractivity contribution in [2.75, 3.05) is 31.0 Å². The topological polar surface area (TPSA) is 69.7 Å². The minimum absolute atomic E-state index is 0.0688. The number of amides is 1. The van der Waals surface area contributed by atoms with E-state index in [-0.39, 0.29) is 15.5 Å². The summed E-state index contributed by atoms with van der Waals surface area (Å²) in [6.45, 7) is 6.72. The molecule has 1 aliphatic rings. The highest BCUT2D eigenvalue weighted by molar-refractivity contribution is 7.92. The second-order valence-electron chi connectivity index (χ2n) is 8.04. The molecule has 1 unspecified atom stereocenters. The third-order valence-electron chi connectivity index (χ3n) is 5.63. The van der Waals surface area contributed by atoms with Gasteiger partial charge in [0, 0.05) is 26.2 Å². The van der Waals surface area contributed by atoms with E-state index in [1.54, 1.807) is 0 Å². The lowest BCUT2D eigenvalue weighted by atomic mass is 10.1. The van der Waals surface area contributed by atoms with Crippen LogP contribution in [0.25, 0.3) is 0 Å². The minimum atomic E-state index is -3.96. The van der Waals surface area contributed by atoms with Crippen molar-refractivity contribution in [3.05, 3.63) is 58.9 Å². The fourth-order valence-corrected chi connectivity index (χ4v) is 5.04. The maximum absolute atomic E-state index is 13.2. The van der Waals surface area contributed by atoms with Crippen LogP contribution in [0, 0.1) is 11.7 Å². The normalized spacial score (nSPS) is 17.2. The highest BCUT2D eigenvalue weighted by atomic mass is 35.5. The SMILES string of the molecule is CC(C)N1CCC(CNC(=O)c2cc(S(=O)(=O)N(C)c3ccc(F)cc3)ccc2Cl)C1. The first-order valence-corrected chi connectivity index (χ1v) is 12.0. The van der Waals surface area contributed by atoms with E-state index in [1.165, 1.54) is 49.5 Å². The highest BCUT2D eigenvalue weighted by Crippen LogP contribution is 2.26. The van der Waals surface area contributed by atoms with Gasteiger partial charge < -0.3 is 10.2 Å². The van der Waals surface area contributed by atoms with E-state index >= 15 is 0 Å². The lowest BCUT2D eigenvalue weighted by Crippen LogP contribution is -2.33. The molecule has 6 nitrogen and oxygen atoms in total. The molecule has 1 saturated heterocycles. The molecule has 31 heavy (non-hydrogen) atoms. The number of hydrogen-bond donors (Lipinski definition) is 1. The summed E-state index contributed by atoms with van der Waals surface area (Å²) in [5.74, 6) is -0.519. The molecule has 168 valence electrons. The molecular formula is C22H27ClFN3O3S. The Morgan fingerprint density at radius 2 is 1.94 bits per heavy atom. The summed E-state index contributed by atoms with van der Waals surface area (Å²) >= 11 is 6.20. The molecule has 0 bridgehead atoms. The molecule has 0 aliphatic carbocycles. The average molecular weight is 468 g/mol. The van der Waals surface area contributed by atoms with Crippen molar-refractivity contribution >= 4 is 33.2 Å². The number of hydrogen-bond acceptors (Lipinski definition) is 4. The van der Waals surface area contributed by atoms with Crippen LogP contribution in [0.15, 0.2) is 47.4 Å². The minimum Gasteiger partial charge on any atom is -0.352 e. The van der Waals surface area contributed by atoms with Crippen LogP contribution in [0.1, 0.15) is 30.6 Å². The van der Waals surface area contributed by atoms with Gasteiger partial charge >= 0.3 is 0 Å². The second kappa shape index (κ2) is 9.54. The van der Waals surface area contributed by atoms with E-state index < -0.39 is 21.7 Å². The number of benzene rings is 2. The third kappa shape index (κ3) is 5.37. The number of nitrogens with one attached hydrogen (secondary N) is 1. The van der Waals surface area contributed by atoms with Crippen LogP contribution in [0.4, 0.5) is 10.1 Å². The number of anilines is 1. The van der Waals surface area contributed by atoms with Crippen molar-refractivity contribution in [2.24, 2.45) is 5.92 Å². The molecule has 3 rings (SSSR count). The van der Waals surface area contributed by atoms with Gasteiger partial charge in [-0.15, -0.1) is 0 Å². The Hall–Kier alpha value is -2.16. The molecule has 1 amide bonds. The molecule has 1 fully saturated rings. The molecule has 1 aliphatic heterocycles. The standard InChI is InChI=1S/C22H27ClFN3O3S/c1-15(2)27-11-10-16(14-27)13-25-22(28)20-12-19(8-9-21(20)23)31(29,30)26(3)18-6-4-17(24)5-7-18/h4-9,12,15-16H,10-11,13-14H2,1-3H3,(H,25,28). The van der Waals surface area contributed by atoms with Crippen molar-refractivity contribution in [1.29, 1.82) is 0 Å². The summed E-state index contributed by atoms with van der Waals surface area (Å²) < 4.78 is 40.3. The molecule has 2 aromatic rings. The van der Waals surface area contributed by atoms with Gasteiger partial charge in [-0.25, -0.2) is 12.8 Å². The van der Waals surface area contributed by atoms with Gasteiger partial charge in [-0.05, 0) is 75.2 Å². The van der Waals surface area contributed by atoms with Gasteiger partial charge in [-0.3, -0.25) is 9.10 Å². The second-order valence-corrected chi connectivity index (χ2v) is 10.4. The number of likely N-dealkylation sites (tertiary alicyclic amines) is 1. The summed E-state index contributed by atoms with van der Waals surface area (Å²) in [6, 6.07) is 9.62. The fourth-order valence-electron chi connectivity index (χ4n) is 3.62. The van der Waals surface area contributed by atoms with Gasteiger partial charge in [-0.2, -0.15) is 0 Å². The van der Waals surface area contributed by atoms with Gasteiger partial charge in [0.05, 0.1) is 21.2 Å². The van der Waals surface area contributed by atoms with E-state index in [9.17, 15) is 17.6 Å². The van der Waals surface area contributed by atoms with Crippen LogP contribution in [-0.4, -0.2) is 51.9 Å².